The zero-order valence-electron chi connectivity index (χ0n) is 8.63. The van der Waals surface area contributed by atoms with Crippen LogP contribution in [-0.4, -0.2) is 11.5 Å². The number of nitrogens with one attached hydrogen (secondary N) is 1. The fraction of sp³-hybridized carbons (Fsp3) is 0.250. The summed E-state index contributed by atoms with van der Waals surface area (Å²) in [5, 5.41) is 5.19. The first-order valence-electron chi connectivity index (χ1n) is 5.05. The Morgan fingerprint density at radius 1 is 1.33 bits per heavy atom. The Balaban J connectivity index is 2.53. The van der Waals surface area contributed by atoms with Crippen LogP contribution in [0.1, 0.15) is 12.5 Å². The number of rotatable bonds is 3. The number of hydrogen-bond acceptors (Lipinski definition) is 2. The van der Waals surface area contributed by atoms with Gasteiger partial charge in [-0.1, -0.05) is 30.7 Å². The molecule has 0 saturated heterocycles. The quantitative estimate of drug-likeness (QED) is 0.860. The molecule has 0 radical (unpaired) electrons. The van der Waals surface area contributed by atoms with E-state index < -0.39 is 0 Å². The number of pyridine rings is 1. The van der Waals surface area contributed by atoms with Crippen LogP contribution in [0.25, 0.3) is 10.9 Å². The van der Waals surface area contributed by atoms with Gasteiger partial charge in [-0.2, -0.15) is 0 Å². The lowest BCUT2D eigenvalue weighted by atomic mass is 10.1. The number of nitrogens with zero attached hydrogens (tertiary/aromatic N) is 1. The van der Waals surface area contributed by atoms with Crippen LogP contribution < -0.4 is 5.32 Å². The number of hydrogen-bond donors (Lipinski definition) is 1. The van der Waals surface area contributed by atoms with Crippen molar-refractivity contribution in [1.82, 2.24) is 10.3 Å². The van der Waals surface area contributed by atoms with Crippen molar-refractivity contribution in [3.63, 3.8) is 0 Å². The van der Waals surface area contributed by atoms with Crippen LogP contribution in [0.3, 0.4) is 0 Å². The van der Waals surface area contributed by atoms with Gasteiger partial charge < -0.3 is 5.32 Å². The molecule has 15 heavy (non-hydrogen) atoms. The van der Waals surface area contributed by atoms with E-state index in [4.69, 9.17) is 11.6 Å². The fourth-order valence-corrected chi connectivity index (χ4v) is 1.82. The fourth-order valence-electron chi connectivity index (χ4n) is 1.60. The third-order valence-electron chi connectivity index (χ3n) is 2.37. The van der Waals surface area contributed by atoms with Crippen molar-refractivity contribution in [2.75, 3.05) is 6.54 Å². The molecule has 0 spiro atoms. The van der Waals surface area contributed by atoms with Gasteiger partial charge in [0.2, 0.25) is 0 Å². The van der Waals surface area contributed by atoms with E-state index in [9.17, 15) is 0 Å². The van der Waals surface area contributed by atoms with Crippen molar-refractivity contribution in [2.24, 2.45) is 0 Å². The summed E-state index contributed by atoms with van der Waals surface area (Å²) in [6.45, 7) is 3.77. The standard InChI is InChI=1S/C12H13ClN2/c1-2-14-8-10-11(13)6-5-9-4-3-7-15-12(9)10/h3-7,14H,2,8H2,1H3. The van der Waals surface area contributed by atoms with E-state index in [-0.39, 0.29) is 0 Å². The smallest absolute Gasteiger partial charge is 0.0761 e. The average Bonchev–Trinajstić information content (AvgIpc) is 2.28. The van der Waals surface area contributed by atoms with Crippen molar-refractivity contribution < 1.29 is 0 Å². The average molecular weight is 221 g/mol. The lowest BCUT2D eigenvalue weighted by Crippen LogP contribution is -2.12. The molecular formula is C12H13ClN2. The summed E-state index contributed by atoms with van der Waals surface area (Å²) in [6.07, 6.45) is 1.80. The van der Waals surface area contributed by atoms with Gasteiger partial charge in [-0.15, -0.1) is 0 Å². The molecule has 1 N–H and O–H groups in total. The summed E-state index contributed by atoms with van der Waals surface area (Å²) in [4.78, 5) is 4.37. The summed E-state index contributed by atoms with van der Waals surface area (Å²) in [7, 11) is 0. The van der Waals surface area contributed by atoms with E-state index in [1.807, 2.05) is 24.3 Å². The maximum atomic E-state index is 6.16. The Bertz CT molecular complexity index is 468. The van der Waals surface area contributed by atoms with Crippen LogP contribution in [0, 0.1) is 0 Å². The first-order chi connectivity index (χ1) is 7.33. The molecule has 2 aromatic rings. The summed E-state index contributed by atoms with van der Waals surface area (Å²) in [5.41, 5.74) is 2.07. The van der Waals surface area contributed by atoms with Gasteiger partial charge in [0.25, 0.3) is 0 Å². The molecule has 3 heteroatoms. The highest BCUT2D eigenvalue weighted by molar-refractivity contribution is 6.32. The lowest BCUT2D eigenvalue weighted by Gasteiger charge is -2.08. The molecule has 0 aliphatic carbocycles. The minimum Gasteiger partial charge on any atom is -0.313 e. The highest BCUT2D eigenvalue weighted by atomic mass is 35.5. The molecule has 2 rings (SSSR count). The zero-order valence-corrected chi connectivity index (χ0v) is 9.38. The number of benzene rings is 1. The molecule has 0 fully saturated rings. The molecule has 0 aliphatic heterocycles. The van der Waals surface area contributed by atoms with E-state index in [2.05, 4.69) is 17.2 Å². The third kappa shape index (κ3) is 2.11. The van der Waals surface area contributed by atoms with Gasteiger partial charge in [-0.05, 0) is 18.7 Å². The van der Waals surface area contributed by atoms with Gasteiger partial charge >= 0.3 is 0 Å². The van der Waals surface area contributed by atoms with Gasteiger partial charge in [0.15, 0.2) is 0 Å². The second kappa shape index (κ2) is 4.60. The van der Waals surface area contributed by atoms with Crippen molar-refractivity contribution >= 4 is 22.5 Å². The van der Waals surface area contributed by atoms with Crippen LogP contribution >= 0.6 is 11.6 Å². The highest BCUT2D eigenvalue weighted by Crippen LogP contribution is 2.24. The summed E-state index contributed by atoms with van der Waals surface area (Å²) < 4.78 is 0. The molecule has 0 unspecified atom stereocenters. The predicted molar refractivity (Wildman–Crippen MR) is 64.1 cm³/mol. The topological polar surface area (TPSA) is 24.9 Å². The first kappa shape index (κ1) is 10.4. The van der Waals surface area contributed by atoms with E-state index >= 15 is 0 Å². The Hall–Kier alpha value is -1.12. The Morgan fingerprint density at radius 2 is 2.20 bits per heavy atom. The maximum absolute atomic E-state index is 6.16. The molecule has 1 aromatic carbocycles. The minimum absolute atomic E-state index is 0.768. The summed E-state index contributed by atoms with van der Waals surface area (Å²) in [6, 6.07) is 7.92. The van der Waals surface area contributed by atoms with Gasteiger partial charge in [0.05, 0.1) is 5.52 Å². The zero-order chi connectivity index (χ0) is 10.7. The second-order valence-electron chi connectivity index (χ2n) is 3.38. The Morgan fingerprint density at radius 3 is 3.00 bits per heavy atom. The number of halogens is 1. The molecule has 2 nitrogen and oxygen atoms in total. The molecule has 0 atom stereocenters. The van der Waals surface area contributed by atoms with Gasteiger partial charge in [-0.3, -0.25) is 4.98 Å². The number of aromatic nitrogens is 1. The van der Waals surface area contributed by atoms with E-state index in [1.54, 1.807) is 6.20 Å². The van der Waals surface area contributed by atoms with Crippen molar-refractivity contribution in [3.8, 4) is 0 Å². The van der Waals surface area contributed by atoms with Crippen LogP contribution in [0.2, 0.25) is 5.02 Å². The monoisotopic (exact) mass is 220 g/mol. The normalized spacial score (nSPS) is 10.8. The third-order valence-corrected chi connectivity index (χ3v) is 2.73. The maximum Gasteiger partial charge on any atom is 0.0761 e. The highest BCUT2D eigenvalue weighted by Gasteiger charge is 2.05. The number of fused-ring (bicyclic) bond motifs is 1. The van der Waals surface area contributed by atoms with E-state index in [0.29, 0.717) is 0 Å². The van der Waals surface area contributed by atoms with Crippen molar-refractivity contribution in [2.45, 2.75) is 13.5 Å². The van der Waals surface area contributed by atoms with E-state index in [0.717, 1.165) is 34.6 Å². The lowest BCUT2D eigenvalue weighted by molar-refractivity contribution is 0.729. The first-order valence-corrected chi connectivity index (χ1v) is 5.43. The Labute approximate surface area is 94.3 Å². The van der Waals surface area contributed by atoms with Gasteiger partial charge in [0.1, 0.15) is 0 Å². The molecule has 0 saturated carbocycles. The van der Waals surface area contributed by atoms with Crippen LogP contribution in [0.5, 0.6) is 0 Å². The molecular weight excluding hydrogens is 208 g/mol. The van der Waals surface area contributed by atoms with Crippen LogP contribution in [0.4, 0.5) is 0 Å². The summed E-state index contributed by atoms with van der Waals surface area (Å²) >= 11 is 6.16. The van der Waals surface area contributed by atoms with Crippen molar-refractivity contribution in [3.05, 3.63) is 41.0 Å². The second-order valence-corrected chi connectivity index (χ2v) is 3.79. The van der Waals surface area contributed by atoms with Gasteiger partial charge in [-0.25, -0.2) is 0 Å². The van der Waals surface area contributed by atoms with Crippen LogP contribution in [-0.2, 0) is 6.54 Å². The largest absolute Gasteiger partial charge is 0.313 e. The predicted octanol–water partition coefficient (Wildman–Crippen LogP) is 3.00. The molecule has 0 amide bonds. The SMILES string of the molecule is CCNCc1c(Cl)ccc2cccnc12. The van der Waals surface area contributed by atoms with Gasteiger partial charge in [0, 0.05) is 28.7 Å². The molecule has 0 bridgehead atoms. The molecule has 1 heterocycles. The van der Waals surface area contributed by atoms with E-state index in [1.165, 1.54) is 0 Å². The minimum atomic E-state index is 0.768. The Kier molecular flexibility index (Phi) is 3.19. The molecule has 1 aromatic heterocycles. The summed E-state index contributed by atoms with van der Waals surface area (Å²) in [5.74, 6) is 0. The van der Waals surface area contributed by atoms with Crippen molar-refractivity contribution in [1.29, 1.82) is 0 Å². The molecule has 78 valence electrons. The van der Waals surface area contributed by atoms with Crippen LogP contribution in [0.15, 0.2) is 30.5 Å². The molecule has 0 aliphatic rings.